The second-order valence-corrected chi connectivity index (χ2v) is 31.5. The highest BCUT2D eigenvalue weighted by atomic mass is 16.3. The zero-order chi connectivity index (χ0) is 82.0. The number of para-hydroxylation sites is 6. The van der Waals surface area contributed by atoms with Crippen LogP contribution < -0.4 is 0 Å². The normalized spacial score (nSPS) is 11.5. The standard InChI is InChI=1S/2C58H36N2O2/c1-3-13-37(14-4-1)39-25-29-41(30-26-39)52-36-53(60-58(59-52)42-31-27-40(28-32-42)38-15-5-2-6-16-38)45-34-43(46-19-11-21-50-48-17-7-9-23-54(48)61-56(46)50)33-44(35-45)47-20-12-22-51-49-18-8-10-24-55(49)62-57(47)51;1-3-11-37(12-4-1)39-19-23-41(24-20-39)52-36-53(60-58(59-52)42-25-21-40(22-26-42)38-13-5-2-6-14-38)47-32-45(43-27-29-56-50(34-43)48-15-7-9-17-54(48)61-56)31-46(33-47)44-28-30-57-51(35-44)49-16-8-10-18-55(49)62-57/h2*1-36H. The summed E-state index contributed by atoms with van der Waals surface area (Å²) >= 11 is 0. The number of fused-ring (bicyclic) bond motifs is 12. The first-order valence-electron chi connectivity index (χ1n) is 41.7. The molecule has 8 nitrogen and oxygen atoms in total. The van der Waals surface area contributed by atoms with Crippen LogP contribution in [0.5, 0.6) is 0 Å². The smallest absolute Gasteiger partial charge is 0.160 e. The van der Waals surface area contributed by atoms with Gasteiger partial charge in [0.2, 0.25) is 0 Å². The van der Waals surface area contributed by atoms with E-state index in [0.717, 1.165) is 216 Å². The molecule has 0 aliphatic rings. The maximum Gasteiger partial charge on any atom is 0.160 e. The van der Waals surface area contributed by atoms with Crippen molar-refractivity contribution in [3.8, 4) is 157 Å². The number of aromatic nitrogens is 4. The molecule has 0 unspecified atom stereocenters. The number of benzene rings is 18. The fourth-order valence-corrected chi connectivity index (χ4v) is 17.5. The van der Waals surface area contributed by atoms with Gasteiger partial charge in [0.1, 0.15) is 44.7 Å². The van der Waals surface area contributed by atoms with Crippen LogP contribution >= 0.6 is 0 Å². The minimum Gasteiger partial charge on any atom is -0.456 e. The maximum absolute atomic E-state index is 6.63. The summed E-state index contributed by atoms with van der Waals surface area (Å²) < 4.78 is 25.8. The van der Waals surface area contributed by atoms with Crippen LogP contribution in [-0.2, 0) is 0 Å². The van der Waals surface area contributed by atoms with Gasteiger partial charge in [0.15, 0.2) is 11.6 Å². The van der Waals surface area contributed by atoms with Crippen molar-refractivity contribution in [1.29, 1.82) is 0 Å². The highest BCUT2D eigenvalue weighted by Gasteiger charge is 2.23. The Morgan fingerprint density at radius 2 is 0.371 bits per heavy atom. The third-order valence-corrected chi connectivity index (χ3v) is 23.8. The van der Waals surface area contributed by atoms with E-state index in [1.165, 1.54) is 16.7 Å². The van der Waals surface area contributed by atoms with Gasteiger partial charge in [-0.3, -0.25) is 0 Å². The Bertz CT molecular complexity index is 7710. The Kier molecular flexibility index (Phi) is 18.1. The minimum atomic E-state index is 0.648. The van der Waals surface area contributed by atoms with Crippen LogP contribution in [0.3, 0.4) is 0 Å². The topological polar surface area (TPSA) is 104 Å². The molecule has 0 fully saturated rings. The van der Waals surface area contributed by atoms with Gasteiger partial charge in [-0.25, -0.2) is 19.9 Å². The summed E-state index contributed by atoms with van der Waals surface area (Å²) in [6.07, 6.45) is 0. The van der Waals surface area contributed by atoms with E-state index in [4.69, 9.17) is 37.6 Å². The lowest BCUT2D eigenvalue weighted by molar-refractivity contribution is 0.668. The van der Waals surface area contributed by atoms with Gasteiger partial charge in [-0.05, 0) is 175 Å². The van der Waals surface area contributed by atoms with E-state index in [0.29, 0.717) is 11.6 Å². The Hall–Kier alpha value is -16.7. The predicted molar refractivity (Wildman–Crippen MR) is 509 cm³/mol. The van der Waals surface area contributed by atoms with Gasteiger partial charge >= 0.3 is 0 Å². The molecule has 6 heterocycles. The molecule has 0 aliphatic carbocycles. The highest BCUT2D eigenvalue weighted by molar-refractivity contribution is 6.13. The molecule has 0 saturated heterocycles. The van der Waals surface area contributed by atoms with Crippen molar-refractivity contribution in [3.63, 3.8) is 0 Å². The summed E-state index contributed by atoms with van der Waals surface area (Å²) in [5, 5.41) is 8.70. The molecular weight excluding hydrogens is 1510 g/mol. The first-order chi connectivity index (χ1) is 61.4. The van der Waals surface area contributed by atoms with Crippen LogP contribution in [0.15, 0.2) is 454 Å². The number of nitrogens with zero attached hydrogens (tertiary/aromatic N) is 4. The van der Waals surface area contributed by atoms with Gasteiger partial charge in [-0.2, -0.15) is 0 Å². The average Bonchev–Trinajstić information content (AvgIpc) is 1.41. The Labute approximate surface area is 714 Å². The van der Waals surface area contributed by atoms with Crippen molar-refractivity contribution in [1.82, 2.24) is 19.9 Å². The monoisotopic (exact) mass is 1580 g/mol. The number of furan rings is 4. The largest absolute Gasteiger partial charge is 0.456 e. The minimum absolute atomic E-state index is 0.648. The number of hydrogen-bond donors (Lipinski definition) is 0. The van der Waals surface area contributed by atoms with E-state index in [-0.39, 0.29) is 0 Å². The van der Waals surface area contributed by atoms with E-state index in [1.807, 2.05) is 72.8 Å². The third-order valence-electron chi connectivity index (χ3n) is 23.8. The SMILES string of the molecule is c1ccc(-c2ccc(-c3cc(-c4cc(-c5ccc6oc7ccccc7c6c5)cc(-c5ccc6oc7ccccc7c6c5)c4)nc(-c4ccc(-c5ccccc5)cc4)n3)cc2)cc1.c1ccc(-c2ccc(-c3cc(-c4cc(-c5cccc6c5oc5ccccc56)cc(-c5cccc6c5oc5ccccc56)c4)nc(-c4ccc(-c5ccccc5)cc4)n3)cc2)cc1. The molecule has 580 valence electrons. The first-order valence-corrected chi connectivity index (χ1v) is 41.7. The molecule has 0 bridgehead atoms. The van der Waals surface area contributed by atoms with Crippen LogP contribution in [0.2, 0.25) is 0 Å². The molecule has 8 heteroatoms. The van der Waals surface area contributed by atoms with Crippen LogP contribution in [-0.4, -0.2) is 19.9 Å². The zero-order valence-electron chi connectivity index (χ0n) is 67.0. The summed E-state index contributed by atoms with van der Waals surface area (Å²) in [5.41, 5.74) is 33.7. The van der Waals surface area contributed by atoms with Crippen LogP contribution in [0.4, 0.5) is 0 Å². The quantitative estimate of drug-likeness (QED) is 0.106. The van der Waals surface area contributed by atoms with Crippen LogP contribution in [0.1, 0.15) is 0 Å². The molecule has 0 spiro atoms. The Morgan fingerprint density at radius 3 is 0.726 bits per heavy atom. The van der Waals surface area contributed by atoms with E-state index in [9.17, 15) is 0 Å². The average molecular weight is 1590 g/mol. The summed E-state index contributed by atoms with van der Waals surface area (Å²) in [7, 11) is 0. The molecule has 124 heavy (non-hydrogen) atoms. The fraction of sp³-hybridized carbons (Fsp3) is 0. The summed E-state index contributed by atoms with van der Waals surface area (Å²) in [4.78, 5) is 21.2. The van der Waals surface area contributed by atoms with Crippen LogP contribution in [0.25, 0.3) is 245 Å². The first kappa shape index (κ1) is 72.5. The number of hydrogen-bond acceptors (Lipinski definition) is 8. The fourth-order valence-electron chi connectivity index (χ4n) is 17.5. The van der Waals surface area contributed by atoms with Crippen LogP contribution in [0, 0.1) is 0 Å². The van der Waals surface area contributed by atoms with Crippen molar-refractivity contribution in [2.75, 3.05) is 0 Å². The lowest BCUT2D eigenvalue weighted by Gasteiger charge is -2.14. The molecule has 18 aromatic carbocycles. The molecule has 6 aromatic heterocycles. The van der Waals surface area contributed by atoms with Gasteiger partial charge < -0.3 is 17.7 Å². The van der Waals surface area contributed by atoms with Crippen molar-refractivity contribution in [3.05, 3.63) is 437 Å². The van der Waals surface area contributed by atoms with Gasteiger partial charge in [-0.15, -0.1) is 0 Å². The molecule has 0 radical (unpaired) electrons. The van der Waals surface area contributed by atoms with Gasteiger partial charge in [0.25, 0.3) is 0 Å². The highest BCUT2D eigenvalue weighted by Crippen LogP contribution is 2.46. The zero-order valence-corrected chi connectivity index (χ0v) is 67.0. The van der Waals surface area contributed by atoms with Crippen molar-refractivity contribution < 1.29 is 17.7 Å². The second kappa shape index (κ2) is 30.9. The van der Waals surface area contributed by atoms with E-state index in [2.05, 4.69) is 364 Å². The lowest BCUT2D eigenvalue weighted by Crippen LogP contribution is -1.97. The second-order valence-electron chi connectivity index (χ2n) is 31.5. The summed E-state index contributed by atoms with van der Waals surface area (Å²) in [6.45, 7) is 0. The molecular formula is C116H72N4O4. The third kappa shape index (κ3) is 13.7. The number of rotatable bonds is 14. The van der Waals surface area contributed by atoms with Crippen molar-refractivity contribution in [2.24, 2.45) is 0 Å². The van der Waals surface area contributed by atoms with Gasteiger partial charge in [0, 0.05) is 87.6 Å². The Morgan fingerprint density at radius 1 is 0.129 bits per heavy atom. The summed E-state index contributed by atoms with van der Waals surface area (Å²) in [5.74, 6) is 1.31. The molecule has 0 saturated carbocycles. The predicted octanol–water partition coefficient (Wildman–Crippen LogP) is 31.9. The molecule has 0 amide bonds. The van der Waals surface area contributed by atoms with Gasteiger partial charge in [0.05, 0.1) is 22.8 Å². The summed E-state index contributed by atoms with van der Waals surface area (Å²) in [6, 6.07) is 153. The molecule has 0 aliphatic heterocycles. The van der Waals surface area contributed by atoms with Crippen molar-refractivity contribution in [2.45, 2.75) is 0 Å². The molecule has 0 N–H and O–H groups in total. The lowest BCUT2D eigenvalue weighted by atomic mass is 9.93. The van der Waals surface area contributed by atoms with E-state index < -0.39 is 0 Å². The Balaban J connectivity index is 0.000000143. The maximum atomic E-state index is 6.63. The van der Waals surface area contributed by atoms with E-state index in [1.54, 1.807) is 0 Å². The molecule has 0 atom stereocenters. The van der Waals surface area contributed by atoms with Gasteiger partial charge in [-0.1, -0.05) is 340 Å². The van der Waals surface area contributed by atoms with Crippen molar-refractivity contribution >= 4 is 87.8 Å². The molecule has 24 aromatic rings. The molecule has 24 rings (SSSR count). The van der Waals surface area contributed by atoms with E-state index >= 15 is 0 Å².